The maximum Gasteiger partial charge on any atom is 0.272 e. The van der Waals surface area contributed by atoms with Gasteiger partial charge in [0.25, 0.3) is 5.92 Å². The first-order valence-corrected chi connectivity index (χ1v) is 8.35. The van der Waals surface area contributed by atoms with Crippen molar-refractivity contribution in [1.29, 1.82) is 0 Å². The van der Waals surface area contributed by atoms with E-state index < -0.39 is 5.92 Å². The molecule has 0 aliphatic heterocycles. The Morgan fingerprint density at radius 2 is 1.80 bits per heavy atom. The van der Waals surface area contributed by atoms with Gasteiger partial charge in [-0.15, -0.1) is 0 Å². The van der Waals surface area contributed by atoms with Gasteiger partial charge < -0.3 is 0 Å². The van der Waals surface area contributed by atoms with Gasteiger partial charge in [0.05, 0.1) is 11.2 Å². The van der Waals surface area contributed by atoms with Gasteiger partial charge in [-0.2, -0.15) is 0 Å². The van der Waals surface area contributed by atoms with Crippen molar-refractivity contribution in [2.75, 3.05) is 0 Å². The third-order valence-corrected chi connectivity index (χ3v) is 4.46. The summed E-state index contributed by atoms with van der Waals surface area (Å²) in [6.07, 6.45) is 0. The molecule has 2 nitrogen and oxygen atoms in total. The summed E-state index contributed by atoms with van der Waals surface area (Å²) in [5.41, 5.74) is 1.48. The number of carbonyl (C=O) groups excluding carboxylic acids is 1. The molecule has 0 spiro atoms. The van der Waals surface area contributed by atoms with Crippen LogP contribution < -0.4 is 5.46 Å². The molecule has 0 N–H and O–H groups in total. The molecule has 25 heavy (non-hydrogen) atoms. The van der Waals surface area contributed by atoms with Crippen LogP contribution in [0, 0.1) is 0 Å². The van der Waals surface area contributed by atoms with Crippen LogP contribution in [0.15, 0.2) is 46.9 Å². The van der Waals surface area contributed by atoms with Gasteiger partial charge in [-0.05, 0) is 25.1 Å². The topological polar surface area (TPSA) is 30.0 Å². The predicted octanol–water partition coefficient (Wildman–Crippen LogP) is 4.77. The SMILES string of the molecule is [B]c1cc(C(C)(F)F)c2nc(-c3ccc(Br)cc3)cc(C(C)=O)c2c1. The van der Waals surface area contributed by atoms with Gasteiger partial charge in [0, 0.05) is 33.5 Å². The third kappa shape index (κ3) is 3.49. The van der Waals surface area contributed by atoms with Crippen LogP contribution in [-0.4, -0.2) is 18.6 Å². The molecule has 1 heterocycles. The number of carbonyl (C=O) groups is 1. The van der Waals surface area contributed by atoms with Crippen molar-refractivity contribution in [2.45, 2.75) is 19.8 Å². The lowest BCUT2D eigenvalue weighted by molar-refractivity contribution is 0.0190. The molecule has 0 amide bonds. The molecule has 0 aliphatic rings. The number of pyridine rings is 1. The Balaban J connectivity index is 2.40. The smallest absolute Gasteiger partial charge is 0.272 e. The number of rotatable bonds is 3. The molecule has 0 atom stereocenters. The number of hydrogen-bond acceptors (Lipinski definition) is 2. The lowest BCUT2D eigenvalue weighted by Gasteiger charge is -2.17. The van der Waals surface area contributed by atoms with Crippen molar-refractivity contribution in [3.05, 3.63) is 58.1 Å². The first kappa shape index (κ1) is 17.7. The quantitative estimate of drug-likeness (QED) is 0.469. The van der Waals surface area contributed by atoms with E-state index in [1.807, 2.05) is 24.3 Å². The Morgan fingerprint density at radius 1 is 1.16 bits per heavy atom. The number of hydrogen-bond donors (Lipinski definition) is 0. The van der Waals surface area contributed by atoms with E-state index in [0.717, 1.165) is 17.0 Å². The fourth-order valence-electron chi connectivity index (χ4n) is 2.74. The number of halogens is 3. The van der Waals surface area contributed by atoms with E-state index in [1.54, 1.807) is 6.07 Å². The standard InChI is InChI=1S/C19H13BBrF2NO/c1-10(25)14-9-17(11-3-5-13(21)6-4-11)24-18-15(14)7-12(20)8-16(18)19(2,22)23/h3-9H,1-2H3. The zero-order valence-electron chi connectivity index (χ0n) is 13.6. The molecule has 124 valence electrons. The van der Waals surface area contributed by atoms with Crippen LogP contribution in [0.3, 0.4) is 0 Å². The zero-order chi connectivity index (χ0) is 18.4. The fraction of sp³-hybridized carbons (Fsp3) is 0.158. The first-order valence-electron chi connectivity index (χ1n) is 7.56. The molecular formula is C19H13BBrF2NO. The number of benzene rings is 2. The highest BCUT2D eigenvalue weighted by Gasteiger charge is 2.29. The molecule has 0 aliphatic carbocycles. The van der Waals surface area contributed by atoms with Crippen LogP contribution in [0.25, 0.3) is 22.2 Å². The van der Waals surface area contributed by atoms with Gasteiger partial charge in [0.2, 0.25) is 0 Å². The van der Waals surface area contributed by atoms with Gasteiger partial charge in [0.1, 0.15) is 7.85 Å². The highest BCUT2D eigenvalue weighted by Crippen LogP contribution is 2.34. The van der Waals surface area contributed by atoms with E-state index in [0.29, 0.717) is 16.6 Å². The second kappa shape index (κ2) is 6.34. The molecule has 2 aromatic carbocycles. The minimum atomic E-state index is -3.13. The van der Waals surface area contributed by atoms with Crippen molar-refractivity contribution in [3.8, 4) is 11.3 Å². The van der Waals surface area contributed by atoms with Gasteiger partial charge in [-0.25, -0.2) is 13.8 Å². The number of fused-ring (bicyclic) bond motifs is 1. The maximum atomic E-state index is 14.1. The second-order valence-corrected chi connectivity index (χ2v) is 6.89. The Morgan fingerprint density at radius 3 is 2.36 bits per heavy atom. The molecule has 0 bridgehead atoms. The largest absolute Gasteiger partial charge is 0.294 e. The maximum absolute atomic E-state index is 14.1. The summed E-state index contributed by atoms with van der Waals surface area (Å²) < 4.78 is 29.1. The van der Waals surface area contributed by atoms with E-state index in [9.17, 15) is 13.6 Å². The summed E-state index contributed by atoms with van der Waals surface area (Å²) in [6.45, 7) is 2.19. The minimum Gasteiger partial charge on any atom is -0.294 e. The normalized spacial score (nSPS) is 11.7. The number of Topliss-reactive ketones (excluding diaryl/α,β-unsaturated/α-hetero) is 1. The summed E-state index contributed by atoms with van der Waals surface area (Å²) >= 11 is 3.35. The lowest BCUT2D eigenvalue weighted by Crippen LogP contribution is -2.15. The van der Waals surface area contributed by atoms with Gasteiger partial charge in [-0.3, -0.25) is 4.79 Å². The molecule has 0 saturated carbocycles. The molecule has 3 rings (SSSR count). The number of alkyl halides is 2. The van der Waals surface area contributed by atoms with E-state index >= 15 is 0 Å². The summed E-state index contributed by atoms with van der Waals surface area (Å²) in [6, 6.07) is 11.6. The Labute approximate surface area is 153 Å². The highest BCUT2D eigenvalue weighted by atomic mass is 79.9. The molecule has 2 radical (unpaired) electrons. The van der Waals surface area contributed by atoms with Crippen molar-refractivity contribution < 1.29 is 13.6 Å². The second-order valence-electron chi connectivity index (χ2n) is 5.97. The Kier molecular flexibility index (Phi) is 4.50. The van der Waals surface area contributed by atoms with Crippen LogP contribution >= 0.6 is 15.9 Å². The van der Waals surface area contributed by atoms with Crippen molar-refractivity contribution >= 4 is 45.9 Å². The monoisotopic (exact) mass is 399 g/mol. The summed E-state index contributed by atoms with van der Waals surface area (Å²) in [5.74, 6) is -3.37. The zero-order valence-corrected chi connectivity index (χ0v) is 15.2. The van der Waals surface area contributed by atoms with E-state index in [-0.39, 0.29) is 22.3 Å². The highest BCUT2D eigenvalue weighted by molar-refractivity contribution is 9.10. The van der Waals surface area contributed by atoms with Crippen molar-refractivity contribution in [2.24, 2.45) is 0 Å². The van der Waals surface area contributed by atoms with E-state index in [4.69, 9.17) is 7.85 Å². The average molecular weight is 400 g/mol. The number of ketones is 1. The van der Waals surface area contributed by atoms with Crippen molar-refractivity contribution in [1.82, 2.24) is 4.98 Å². The third-order valence-electron chi connectivity index (χ3n) is 3.93. The molecule has 1 aromatic heterocycles. The summed E-state index contributed by atoms with van der Waals surface area (Å²) in [7, 11) is 5.78. The number of aromatic nitrogens is 1. The van der Waals surface area contributed by atoms with E-state index in [2.05, 4.69) is 20.9 Å². The van der Waals surface area contributed by atoms with E-state index in [1.165, 1.54) is 19.1 Å². The Bertz CT molecular complexity index is 981. The predicted molar refractivity (Wildman–Crippen MR) is 99.8 cm³/mol. The van der Waals surface area contributed by atoms with Gasteiger partial charge in [0.15, 0.2) is 5.78 Å². The molecular weight excluding hydrogens is 387 g/mol. The minimum absolute atomic E-state index is 0.0901. The van der Waals surface area contributed by atoms with Crippen molar-refractivity contribution in [3.63, 3.8) is 0 Å². The number of nitrogens with zero attached hydrogens (tertiary/aromatic N) is 1. The fourth-order valence-corrected chi connectivity index (χ4v) is 3.01. The van der Waals surface area contributed by atoms with Crippen LogP contribution in [0.5, 0.6) is 0 Å². The molecule has 6 heteroatoms. The molecule has 0 fully saturated rings. The lowest BCUT2D eigenvalue weighted by atomic mass is 9.88. The van der Waals surface area contributed by atoms with Crippen LogP contribution in [0.2, 0.25) is 0 Å². The Hall–Kier alpha value is -2.08. The first-order chi connectivity index (χ1) is 11.7. The van der Waals surface area contributed by atoms with Crippen LogP contribution in [-0.2, 0) is 5.92 Å². The molecule has 0 unspecified atom stereocenters. The molecule has 3 aromatic rings. The van der Waals surface area contributed by atoms with Gasteiger partial charge >= 0.3 is 0 Å². The molecule has 0 saturated heterocycles. The summed E-state index contributed by atoms with van der Waals surface area (Å²) in [4.78, 5) is 16.5. The van der Waals surface area contributed by atoms with Crippen LogP contribution in [0.4, 0.5) is 8.78 Å². The summed E-state index contributed by atoms with van der Waals surface area (Å²) in [5, 5.41) is 0.338. The van der Waals surface area contributed by atoms with Gasteiger partial charge in [-0.1, -0.05) is 45.7 Å². The average Bonchev–Trinajstić information content (AvgIpc) is 2.53. The van der Waals surface area contributed by atoms with Crippen LogP contribution in [0.1, 0.15) is 29.8 Å².